The molecule has 0 radical (unpaired) electrons. The molecular formula is C28H44N8. The van der Waals surface area contributed by atoms with Gasteiger partial charge in [0.05, 0.1) is 6.54 Å². The molecule has 36 heavy (non-hydrogen) atoms. The molecule has 2 saturated carbocycles. The van der Waals surface area contributed by atoms with Crippen LogP contribution in [0.1, 0.15) is 89.7 Å². The minimum Gasteiger partial charge on any atom is -0.297 e. The highest BCUT2D eigenvalue weighted by Crippen LogP contribution is 2.62. The number of aryl methyl sites for hydroxylation is 2. The molecule has 0 N–H and O–H groups in total. The summed E-state index contributed by atoms with van der Waals surface area (Å²) in [6.07, 6.45) is 19.4. The van der Waals surface area contributed by atoms with E-state index in [2.05, 4.69) is 53.2 Å². The Bertz CT molecular complexity index is 1080. The van der Waals surface area contributed by atoms with Crippen LogP contribution in [0.4, 0.5) is 0 Å². The molecule has 0 amide bonds. The van der Waals surface area contributed by atoms with Crippen LogP contribution in [0.2, 0.25) is 0 Å². The van der Waals surface area contributed by atoms with Crippen LogP contribution in [0.25, 0.3) is 0 Å². The fourth-order valence-corrected chi connectivity index (χ4v) is 8.76. The van der Waals surface area contributed by atoms with Crippen LogP contribution >= 0.6 is 0 Å². The van der Waals surface area contributed by atoms with E-state index >= 15 is 0 Å². The number of likely N-dealkylation sites (tertiary alicyclic amines) is 2. The number of hydrogen-bond donors (Lipinski definition) is 0. The first-order chi connectivity index (χ1) is 17.6. The molecule has 196 valence electrons. The van der Waals surface area contributed by atoms with Gasteiger partial charge in [-0.25, -0.2) is 14.6 Å². The van der Waals surface area contributed by atoms with Crippen molar-refractivity contribution in [2.45, 2.75) is 128 Å². The van der Waals surface area contributed by atoms with Gasteiger partial charge in [0, 0.05) is 54.4 Å². The fourth-order valence-electron chi connectivity index (χ4n) is 8.76. The van der Waals surface area contributed by atoms with Crippen LogP contribution in [0.5, 0.6) is 0 Å². The summed E-state index contributed by atoms with van der Waals surface area (Å²) in [5.74, 6) is 2.26. The first-order valence-corrected chi connectivity index (χ1v) is 14.9. The third-order valence-electron chi connectivity index (χ3n) is 10.6. The van der Waals surface area contributed by atoms with Crippen molar-refractivity contribution in [1.82, 2.24) is 39.3 Å². The Morgan fingerprint density at radius 3 is 2.17 bits per heavy atom. The molecule has 2 saturated heterocycles. The molecule has 8 rings (SSSR count). The van der Waals surface area contributed by atoms with Crippen molar-refractivity contribution < 1.29 is 0 Å². The summed E-state index contributed by atoms with van der Waals surface area (Å²) in [4.78, 5) is 14.4. The van der Waals surface area contributed by atoms with Crippen LogP contribution < -0.4 is 0 Å². The number of rotatable bonds is 2. The molecule has 8 nitrogen and oxygen atoms in total. The van der Waals surface area contributed by atoms with E-state index in [0.717, 1.165) is 55.9 Å². The summed E-state index contributed by atoms with van der Waals surface area (Å²) in [5, 5.41) is 9.10. The molecule has 2 aliphatic carbocycles. The largest absolute Gasteiger partial charge is 0.297 e. The van der Waals surface area contributed by atoms with Gasteiger partial charge in [0.15, 0.2) is 5.82 Å². The molecular weight excluding hydrogens is 448 g/mol. The highest BCUT2D eigenvalue weighted by atomic mass is 15.4. The second-order valence-corrected chi connectivity index (χ2v) is 12.7. The Labute approximate surface area is 215 Å². The van der Waals surface area contributed by atoms with Crippen LogP contribution in [0.15, 0.2) is 12.7 Å². The first kappa shape index (κ1) is 23.3. The zero-order valence-electron chi connectivity index (χ0n) is 22.4. The minimum absolute atomic E-state index is 0.538. The maximum atomic E-state index is 4.64. The molecule has 2 aromatic rings. The smallest absolute Gasteiger partial charge is 0.150 e. The van der Waals surface area contributed by atoms with E-state index in [0.29, 0.717) is 10.8 Å². The lowest BCUT2D eigenvalue weighted by Gasteiger charge is -2.26. The zero-order valence-corrected chi connectivity index (χ0v) is 22.4. The van der Waals surface area contributed by atoms with E-state index in [1.54, 1.807) is 6.33 Å². The molecule has 4 fully saturated rings. The Morgan fingerprint density at radius 2 is 1.47 bits per heavy atom. The van der Waals surface area contributed by atoms with Crippen molar-refractivity contribution in [3.8, 4) is 0 Å². The van der Waals surface area contributed by atoms with E-state index in [1.165, 1.54) is 83.1 Å². The number of hydrogen-bond acceptors (Lipinski definition) is 6. The van der Waals surface area contributed by atoms with E-state index in [-0.39, 0.29) is 0 Å². The van der Waals surface area contributed by atoms with Crippen LogP contribution in [0.3, 0.4) is 0 Å². The van der Waals surface area contributed by atoms with Gasteiger partial charge >= 0.3 is 0 Å². The van der Waals surface area contributed by atoms with Crippen molar-refractivity contribution in [1.29, 1.82) is 0 Å². The van der Waals surface area contributed by atoms with Crippen molar-refractivity contribution >= 4 is 0 Å². The molecule has 6 bridgehead atoms. The molecule has 6 atom stereocenters. The van der Waals surface area contributed by atoms with Crippen molar-refractivity contribution in [2.75, 3.05) is 13.1 Å². The third kappa shape index (κ3) is 3.94. The van der Waals surface area contributed by atoms with Crippen LogP contribution in [0, 0.1) is 10.8 Å². The van der Waals surface area contributed by atoms with E-state index in [9.17, 15) is 0 Å². The van der Waals surface area contributed by atoms with Crippen molar-refractivity contribution in [2.24, 2.45) is 10.8 Å². The topological polar surface area (TPSA) is 67.9 Å². The summed E-state index contributed by atoms with van der Waals surface area (Å²) in [6, 6.07) is 3.36. The highest BCUT2D eigenvalue weighted by molar-refractivity contribution is 5.17. The van der Waals surface area contributed by atoms with E-state index in [4.69, 9.17) is 0 Å². The second-order valence-electron chi connectivity index (χ2n) is 12.7. The molecule has 2 aromatic heterocycles. The van der Waals surface area contributed by atoms with Gasteiger partial charge in [0.25, 0.3) is 0 Å². The van der Waals surface area contributed by atoms with Gasteiger partial charge < -0.3 is 0 Å². The predicted octanol–water partition coefficient (Wildman–Crippen LogP) is 3.71. The second kappa shape index (κ2) is 8.90. The zero-order chi connectivity index (χ0) is 24.3. The number of fused-ring (bicyclic) bond motifs is 5. The number of aromatic nitrogens is 6. The SMILES string of the molecule is CCN1[C@@H]2CCCCc3ncn(n3)C[C@]3(C2)C[C@@H]13.CCN1[C@@H]2CCCCc3ncnn3C[C@]3(C2)C[C@@H]13. The lowest BCUT2D eigenvalue weighted by Crippen LogP contribution is -2.32. The van der Waals surface area contributed by atoms with Gasteiger partial charge in [-0.2, -0.15) is 10.2 Å². The molecule has 2 spiro atoms. The summed E-state index contributed by atoms with van der Waals surface area (Å²) in [6.45, 7) is 9.29. The lowest BCUT2D eigenvalue weighted by atomic mass is 9.95. The van der Waals surface area contributed by atoms with Gasteiger partial charge in [-0.15, -0.1) is 0 Å². The summed E-state index contributed by atoms with van der Waals surface area (Å²) in [7, 11) is 0. The molecule has 8 heteroatoms. The van der Waals surface area contributed by atoms with Crippen molar-refractivity contribution in [3.63, 3.8) is 0 Å². The summed E-state index contributed by atoms with van der Waals surface area (Å²) >= 11 is 0. The van der Waals surface area contributed by atoms with E-state index in [1.807, 2.05) is 6.33 Å². The maximum Gasteiger partial charge on any atom is 0.150 e. The summed E-state index contributed by atoms with van der Waals surface area (Å²) < 4.78 is 4.30. The highest BCUT2D eigenvalue weighted by Gasteiger charge is 2.64. The molecule has 0 aromatic carbocycles. The fraction of sp³-hybridized carbons (Fsp3) is 0.857. The number of piperidine rings is 2. The normalized spacial score (nSPS) is 39.2. The quantitative estimate of drug-likeness (QED) is 0.637. The Kier molecular flexibility index (Phi) is 5.77. The third-order valence-corrected chi connectivity index (χ3v) is 10.6. The Morgan fingerprint density at radius 1 is 0.806 bits per heavy atom. The summed E-state index contributed by atoms with van der Waals surface area (Å²) in [5.41, 5.74) is 1.08. The minimum atomic E-state index is 0.538. The molecule has 4 aliphatic heterocycles. The van der Waals surface area contributed by atoms with Gasteiger partial charge in [-0.3, -0.25) is 14.5 Å². The predicted molar refractivity (Wildman–Crippen MR) is 138 cm³/mol. The van der Waals surface area contributed by atoms with Crippen LogP contribution in [-0.4, -0.2) is 76.6 Å². The van der Waals surface area contributed by atoms with Gasteiger partial charge in [-0.1, -0.05) is 26.7 Å². The first-order valence-electron chi connectivity index (χ1n) is 14.9. The average Bonchev–Trinajstić information content (AvgIpc) is 3.41. The van der Waals surface area contributed by atoms with E-state index < -0.39 is 0 Å². The monoisotopic (exact) mass is 492 g/mol. The maximum absolute atomic E-state index is 4.64. The molecule has 0 unspecified atom stereocenters. The standard InChI is InChI=1S/2C14H22N4/c1-2-18-11-5-3-4-6-13-15-10-17(16-13)9-14(7-11)8-12(14)18;1-2-17-11-5-3-4-6-13-15-10-16-18(13)9-14(7-11)8-12(14)17/h2*10-12H,2-9H2,1H3/t2*11-,12-,14+/m11/s1. The lowest BCUT2D eigenvalue weighted by molar-refractivity contribution is 0.214. The van der Waals surface area contributed by atoms with Crippen LogP contribution in [-0.2, 0) is 25.9 Å². The molecule has 6 heterocycles. The Balaban J connectivity index is 0.000000122. The van der Waals surface area contributed by atoms with Gasteiger partial charge in [0.1, 0.15) is 18.5 Å². The Hall–Kier alpha value is -1.80. The number of nitrogens with zero attached hydrogens (tertiary/aromatic N) is 8. The average molecular weight is 493 g/mol. The van der Waals surface area contributed by atoms with Gasteiger partial charge in [-0.05, 0) is 64.5 Å². The molecule has 6 aliphatic rings. The van der Waals surface area contributed by atoms with Crippen molar-refractivity contribution in [3.05, 3.63) is 24.3 Å². The van der Waals surface area contributed by atoms with Gasteiger partial charge in [0.2, 0.25) is 0 Å².